The lowest BCUT2D eigenvalue weighted by Crippen LogP contribution is -2.31. The summed E-state index contributed by atoms with van der Waals surface area (Å²) in [7, 11) is 0. The third-order valence-electron chi connectivity index (χ3n) is 4.70. The molecule has 0 unspecified atom stereocenters. The Morgan fingerprint density at radius 1 is 0.731 bits per heavy atom. The number of phenols is 1. The molecule has 4 rings (SSSR count). The number of halogens is 2. The number of rotatable bonds is 3. The summed E-state index contributed by atoms with van der Waals surface area (Å²) >= 11 is 7.06. The number of para-hydroxylation sites is 2. The van der Waals surface area contributed by atoms with Crippen LogP contribution in [0.3, 0.4) is 0 Å². The first-order valence-electron chi connectivity index (χ1n) is 8.46. The third-order valence-corrected chi connectivity index (χ3v) is 6.54. The molecule has 0 amide bonds. The average molecular weight is 474 g/mol. The molecular formula is C21H18Br2N2O. The van der Waals surface area contributed by atoms with Gasteiger partial charge in [-0.05, 0) is 68.3 Å². The van der Waals surface area contributed by atoms with Crippen LogP contribution >= 0.6 is 31.9 Å². The number of nitrogens with zero attached hydrogens (tertiary/aromatic N) is 2. The molecule has 0 aromatic heterocycles. The maximum atomic E-state index is 10.7. The fourth-order valence-electron chi connectivity index (χ4n) is 3.50. The van der Waals surface area contributed by atoms with Crippen molar-refractivity contribution in [2.45, 2.75) is 6.17 Å². The molecule has 1 fully saturated rings. The molecule has 5 heteroatoms. The van der Waals surface area contributed by atoms with Crippen molar-refractivity contribution < 1.29 is 5.11 Å². The summed E-state index contributed by atoms with van der Waals surface area (Å²) in [5.41, 5.74) is 3.18. The molecule has 1 saturated heterocycles. The molecule has 0 atom stereocenters. The van der Waals surface area contributed by atoms with E-state index in [1.54, 1.807) is 6.07 Å². The van der Waals surface area contributed by atoms with E-state index in [0.717, 1.165) is 39.0 Å². The standard InChI is InChI=1S/C21H18Br2N2O/c22-18-13-17(20(26)14-19(18)23)21-24(15-7-3-1-4-8-15)11-12-25(21)16-9-5-2-6-10-16/h1-10,13-14,21,26H,11-12H2. The number of anilines is 2. The van der Waals surface area contributed by atoms with Gasteiger partial charge in [-0.3, -0.25) is 0 Å². The Bertz CT molecular complexity index is 855. The molecule has 3 nitrogen and oxygen atoms in total. The smallest absolute Gasteiger partial charge is 0.132 e. The van der Waals surface area contributed by atoms with Gasteiger partial charge in [0.15, 0.2) is 0 Å². The summed E-state index contributed by atoms with van der Waals surface area (Å²) in [5.74, 6) is 0.286. The Morgan fingerprint density at radius 2 is 1.19 bits per heavy atom. The van der Waals surface area contributed by atoms with Crippen LogP contribution in [0.15, 0.2) is 81.7 Å². The quantitative estimate of drug-likeness (QED) is 0.509. The molecule has 1 heterocycles. The number of hydrogen-bond acceptors (Lipinski definition) is 3. The van der Waals surface area contributed by atoms with Gasteiger partial charge in [0, 0.05) is 39.0 Å². The zero-order chi connectivity index (χ0) is 18.1. The number of hydrogen-bond donors (Lipinski definition) is 1. The predicted octanol–water partition coefficient (Wildman–Crippen LogP) is 5.94. The minimum Gasteiger partial charge on any atom is -0.507 e. The molecule has 3 aromatic rings. The van der Waals surface area contributed by atoms with E-state index in [1.807, 2.05) is 18.2 Å². The number of aromatic hydroxyl groups is 1. The van der Waals surface area contributed by atoms with Crippen molar-refractivity contribution >= 4 is 43.2 Å². The Balaban J connectivity index is 1.84. The molecule has 132 valence electrons. The van der Waals surface area contributed by atoms with Crippen LogP contribution in [0.2, 0.25) is 0 Å². The van der Waals surface area contributed by atoms with Crippen molar-refractivity contribution in [3.8, 4) is 5.75 Å². The highest BCUT2D eigenvalue weighted by Gasteiger charge is 2.35. The summed E-state index contributed by atoms with van der Waals surface area (Å²) < 4.78 is 1.77. The van der Waals surface area contributed by atoms with Crippen molar-refractivity contribution in [2.24, 2.45) is 0 Å². The van der Waals surface area contributed by atoms with Gasteiger partial charge in [-0.15, -0.1) is 0 Å². The normalized spacial score (nSPS) is 14.8. The Kier molecular flexibility index (Phi) is 4.92. The minimum absolute atomic E-state index is 0.0794. The van der Waals surface area contributed by atoms with Gasteiger partial charge in [0.25, 0.3) is 0 Å². The van der Waals surface area contributed by atoms with Crippen LogP contribution in [0, 0.1) is 0 Å². The lowest BCUT2D eigenvalue weighted by atomic mass is 10.1. The number of benzene rings is 3. The van der Waals surface area contributed by atoms with Crippen molar-refractivity contribution in [3.05, 3.63) is 87.3 Å². The monoisotopic (exact) mass is 472 g/mol. The van der Waals surface area contributed by atoms with Gasteiger partial charge in [-0.1, -0.05) is 36.4 Å². The second kappa shape index (κ2) is 7.33. The van der Waals surface area contributed by atoms with E-state index in [9.17, 15) is 5.11 Å². The lowest BCUT2D eigenvalue weighted by Gasteiger charge is -2.33. The van der Waals surface area contributed by atoms with E-state index in [1.165, 1.54) is 0 Å². The van der Waals surface area contributed by atoms with E-state index in [4.69, 9.17) is 0 Å². The van der Waals surface area contributed by atoms with Crippen molar-refractivity contribution in [1.29, 1.82) is 0 Å². The molecule has 1 N–H and O–H groups in total. The Morgan fingerprint density at radius 3 is 1.69 bits per heavy atom. The highest BCUT2D eigenvalue weighted by atomic mass is 79.9. The van der Waals surface area contributed by atoms with E-state index in [-0.39, 0.29) is 11.9 Å². The van der Waals surface area contributed by atoms with Gasteiger partial charge < -0.3 is 14.9 Å². The topological polar surface area (TPSA) is 26.7 Å². The fraction of sp³-hybridized carbons (Fsp3) is 0.143. The second-order valence-corrected chi connectivity index (χ2v) is 7.97. The van der Waals surface area contributed by atoms with Gasteiger partial charge in [-0.25, -0.2) is 0 Å². The van der Waals surface area contributed by atoms with Gasteiger partial charge in [0.1, 0.15) is 11.9 Å². The maximum absolute atomic E-state index is 10.7. The zero-order valence-corrected chi connectivity index (χ0v) is 17.2. The van der Waals surface area contributed by atoms with E-state index in [0.29, 0.717) is 0 Å². The van der Waals surface area contributed by atoms with Crippen molar-refractivity contribution in [2.75, 3.05) is 22.9 Å². The molecule has 3 aromatic carbocycles. The van der Waals surface area contributed by atoms with Crippen LogP contribution in [-0.2, 0) is 0 Å². The Labute approximate surface area is 170 Å². The van der Waals surface area contributed by atoms with Crippen LogP contribution in [-0.4, -0.2) is 18.2 Å². The first kappa shape index (κ1) is 17.4. The van der Waals surface area contributed by atoms with Crippen LogP contribution < -0.4 is 9.80 Å². The highest BCUT2D eigenvalue weighted by molar-refractivity contribution is 9.13. The third kappa shape index (κ3) is 3.21. The summed E-state index contributed by atoms with van der Waals surface area (Å²) in [6, 6.07) is 24.5. The predicted molar refractivity (Wildman–Crippen MR) is 114 cm³/mol. The molecule has 0 saturated carbocycles. The molecule has 0 spiro atoms. The van der Waals surface area contributed by atoms with Crippen LogP contribution in [0.1, 0.15) is 11.7 Å². The first-order valence-corrected chi connectivity index (χ1v) is 10.0. The van der Waals surface area contributed by atoms with Crippen LogP contribution in [0.25, 0.3) is 0 Å². The molecule has 1 aliphatic heterocycles. The molecule has 0 aliphatic carbocycles. The van der Waals surface area contributed by atoms with Crippen molar-refractivity contribution in [3.63, 3.8) is 0 Å². The average Bonchev–Trinajstić information content (AvgIpc) is 3.11. The molecule has 0 radical (unpaired) electrons. The molecule has 0 bridgehead atoms. The van der Waals surface area contributed by atoms with Gasteiger partial charge in [0.2, 0.25) is 0 Å². The molecular weight excluding hydrogens is 456 g/mol. The Hall–Kier alpha value is -1.98. The molecule has 1 aliphatic rings. The van der Waals surface area contributed by atoms with E-state index < -0.39 is 0 Å². The van der Waals surface area contributed by atoms with Gasteiger partial charge >= 0.3 is 0 Å². The fourth-order valence-corrected chi connectivity index (χ4v) is 4.19. The maximum Gasteiger partial charge on any atom is 0.132 e. The summed E-state index contributed by atoms with van der Waals surface area (Å²) in [5, 5.41) is 10.7. The SMILES string of the molecule is Oc1cc(Br)c(Br)cc1C1N(c2ccccc2)CCN1c1ccccc1. The minimum atomic E-state index is -0.0794. The van der Waals surface area contributed by atoms with E-state index in [2.05, 4.69) is 90.2 Å². The van der Waals surface area contributed by atoms with Crippen molar-refractivity contribution in [1.82, 2.24) is 0 Å². The van der Waals surface area contributed by atoms with Gasteiger partial charge in [-0.2, -0.15) is 0 Å². The summed E-state index contributed by atoms with van der Waals surface area (Å²) in [4.78, 5) is 4.67. The van der Waals surface area contributed by atoms with Gasteiger partial charge in [0.05, 0.1) is 0 Å². The van der Waals surface area contributed by atoms with Crippen LogP contribution in [0.4, 0.5) is 11.4 Å². The van der Waals surface area contributed by atoms with E-state index >= 15 is 0 Å². The highest BCUT2D eigenvalue weighted by Crippen LogP contribution is 2.43. The zero-order valence-electron chi connectivity index (χ0n) is 14.0. The summed E-state index contributed by atoms with van der Waals surface area (Å²) in [6.07, 6.45) is -0.0794. The number of phenolic OH excluding ortho intramolecular Hbond substituents is 1. The van der Waals surface area contributed by atoms with Crippen LogP contribution in [0.5, 0.6) is 5.75 Å². The second-order valence-electron chi connectivity index (χ2n) is 6.26. The summed E-state index contributed by atoms with van der Waals surface area (Å²) in [6.45, 7) is 1.77. The lowest BCUT2D eigenvalue weighted by molar-refractivity contribution is 0.461. The first-order chi connectivity index (χ1) is 12.6. The largest absolute Gasteiger partial charge is 0.507 e. The molecule has 26 heavy (non-hydrogen) atoms.